The summed E-state index contributed by atoms with van der Waals surface area (Å²) >= 11 is 0. The van der Waals surface area contributed by atoms with Crippen LogP contribution in [-0.4, -0.2) is 9.79 Å². The Balaban J connectivity index is 0.000000357. The molecule has 2 fully saturated rings. The van der Waals surface area contributed by atoms with Crippen LogP contribution in [0.15, 0.2) is 0 Å². The van der Waals surface area contributed by atoms with Crippen LogP contribution in [0.1, 0.15) is 66.2 Å². The Morgan fingerprint density at radius 3 is 2.00 bits per heavy atom. The largest absolute Gasteiger partial charge is 0.692 e. The SMILES string of the molecule is CCCC(C)C(C)(C)C12CCC1CC2.O=[P+](O)O. The maximum absolute atomic E-state index is 8.70. The van der Waals surface area contributed by atoms with Gasteiger partial charge in [-0.05, 0) is 48.3 Å². The predicted octanol–water partition coefficient (Wildman–Crippen LogP) is 4.27. The van der Waals surface area contributed by atoms with E-state index in [1.807, 2.05) is 0 Å². The average Bonchev–Trinajstić information content (AvgIpc) is 2.22. The standard InChI is InChI=1S/C14H26.HO3P/c1-5-6-11(2)13(3,4)14-9-7-12(14)8-10-14;1-4(2)3/h11-12H,5-10H2,1-4H3;(H-,1,2,3)/p+1. The van der Waals surface area contributed by atoms with Gasteiger partial charge >= 0.3 is 8.25 Å². The van der Waals surface area contributed by atoms with Crippen LogP contribution in [0, 0.1) is 22.7 Å². The third-order valence-electron chi connectivity index (χ3n) is 5.90. The maximum Gasteiger partial charge on any atom is 0.692 e. The first-order valence-corrected chi connectivity index (χ1v) is 8.29. The van der Waals surface area contributed by atoms with E-state index in [0.717, 1.165) is 17.3 Å². The van der Waals surface area contributed by atoms with E-state index in [1.165, 1.54) is 38.5 Å². The molecule has 0 heterocycles. The van der Waals surface area contributed by atoms with Gasteiger partial charge in [0.15, 0.2) is 0 Å². The summed E-state index contributed by atoms with van der Waals surface area (Å²) in [6.45, 7) is 9.88. The summed E-state index contributed by atoms with van der Waals surface area (Å²) in [7, 11) is -2.87. The molecule has 2 N–H and O–H groups in total. The first-order chi connectivity index (χ1) is 8.28. The van der Waals surface area contributed by atoms with Gasteiger partial charge in [-0.2, -0.15) is 0 Å². The molecule has 1 atom stereocenters. The van der Waals surface area contributed by atoms with Crippen molar-refractivity contribution in [1.29, 1.82) is 0 Å². The topological polar surface area (TPSA) is 57.5 Å². The molecule has 1 unspecified atom stereocenters. The fraction of sp³-hybridized carbons (Fsp3) is 1.00. The summed E-state index contributed by atoms with van der Waals surface area (Å²) in [6.07, 6.45) is 8.88. The lowest BCUT2D eigenvalue weighted by atomic mass is 9.37. The van der Waals surface area contributed by atoms with Crippen molar-refractivity contribution in [2.45, 2.75) is 66.2 Å². The molecule has 0 amide bonds. The van der Waals surface area contributed by atoms with Crippen molar-refractivity contribution < 1.29 is 14.4 Å². The van der Waals surface area contributed by atoms with Crippen LogP contribution in [0.3, 0.4) is 0 Å². The van der Waals surface area contributed by atoms with Crippen LogP contribution in [0.5, 0.6) is 0 Å². The van der Waals surface area contributed by atoms with Gasteiger partial charge in [-0.1, -0.05) is 40.5 Å². The van der Waals surface area contributed by atoms with Crippen molar-refractivity contribution in [3.05, 3.63) is 0 Å². The highest BCUT2D eigenvalue weighted by atomic mass is 31.1. The zero-order chi connectivity index (χ0) is 14.0. The van der Waals surface area contributed by atoms with Crippen molar-refractivity contribution in [3.8, 4) is 0 Å². The molecule has 0 aromatic heterocycles. The molecule has 0 spiro atoms. The van der Waals surface area contributed by atoms with Crippen molar-refractivity contribution >= 4 is 8.25 Å². The number of fused-ring (bicyclic) bond motifs is 1. The van der Waals surface area contributed by atoms with Gasteiger partial charge in [-0.3, -0.25) is 0 Å². The third-order valence-corrected chi connectivity index (χ3v) is 5.90. The van der Waals surface area contributed by atoms with E-state index >= 15 is 0 Å². The highest BCUT2D eigenvalue weighted by Gasteiger charge is 2.61. The van der Waals surface area contributed by atoms with Gasteiger partial charge in [0.2, 0.25) is 0 Å². The number of rotatable bonds is 4. The van der Waals surface area contributed by atoms with E-state index < -0.39 is 8.25 Å². The minimum Gasteiger partial charge on any atom is -0.134 e. The summed E-state index contributed by atoms with van der Waals surface area (Å²) in [5.41, 5.74) is 1.38. The Hall–Kier alpha value is 0.0200. The molecule has 0 aromatic carbocycles. The Morgan fingerprint density at radius 1 is 1.33 bits per heavy atom. The van der Waals surface area contributed by atoms with Crippen molar-refractivity contribution in [2.24, 2.45) is 22.7 Å². The molecular formula is C14H28O3P+. The molecule has 0 aliphatic heterocycles. The second-order valence-electron chi connectivity index (χ2n) is 6.59. The van der Waals surface area contributed by atoms with Gasteiger partial charge < -0.3 is 0 Å². The molecule has 2 aliphatic carbocycles. The van der Waals surface area contributed by atoms with Crippen LogP contribution in [0.2, 0.25) is 0 Å². The Kier molecular flexibility index (Phi) is 5.34. The zero-order valence-corrected chi connectivity index (χ0v) is 13.0. The van der Waals surface area contributed by atoms with E-state index in [4.69, 9.17) is 14.4 Å². The molecule has 2 saturated carbocycles. The Morgan fingerprint density at radius 2 is 1.78 bits per heavy atom. The van der Waals surface area contributed by atoms with E-state index in [2.05, 4.69) is 27.7 Å². The monoisotopic (exact) mass is 275 g/mol. The van der Waals surface area contributed by atoms with E-state index in [1.54, 1.807) is 0 Å². The second-order valence-corrected chi connectivity index (χ2v) is 7.10. The van der Waals surface area contributed by atoms with Crippen LogP contribution < -0.4 is 0 Å². The highest BCUT2D eigenvalue weighted by molar-refractivity contribution is 7.30. The van der Waals surface area contributed by atoms with Crippen molar-refractivity contribution in [2.75, 3.05) is 0 Å². The van der Waals surface area contributed by atoms with Crippen molar-refractivity contribution in [1.82, 2.24) is 0 Å². The summed E-state index contributed by atoms with van der Waals surface area (Å²) in [6, 6.07) is 0. The lowest BCUT2D eigenvalue weighted by Crippen LogP contribution is -2.59. The number of hydrogen-bond donors (Lipinski definition) is 2. The highest BCUT2D eigenvalue weighted by Crippen LogP contribution is 2.71. The minimum absolute atomic E-state index is 0.601. The summed E-state index contributed by atoms with van der Waals surface area (Å²) in [5, 5.41) is 0. The van der Waals surface area contributed by atoms with Gasteiger partial charge in [-0.15, -0.1) is 9.79 Å². The molecule has 0 aromatic rings. The lowest BCUT2D eigenvalue weighted by molar-refractivity contribution is -0.183. The smallest absolute Gasteiger partial charge is 0.134 e. The molecule has 4 heteroatoms. The van der Waals surface area contributed by atoms with Gasteiger partial charge in [0.1, 0.15) is 0 Å². The normalized spacial score (nSPS) is 31.1. The van der Waals surface area contributed by atoms with Crippen LogP contribution in [0.25, 0.3) is 0 Å². The molecule has 0 radical (unpaired) electrons. The van der Waals surface area contributed by atoms with Crippen LogP contribution in [0.4, 0.5) is 0 Å². The molecule has 106 valence electrons. The van der Waals surface area contributed by atoms with E-state index in [9.17, 15) is 0 Å². The van der Waals surface area contributed by atoms with Crippen molar-refractivity contribution in [3.63, 3.8) is 0 Å². The van der Waals surface area contributed by atoms with Crippen LogP contribution >= 0.6 is 8.25 Å². The first kappa shape index (κ1) is 16.1. The lowest BCUT2D eigenvalue weighted by Gasteiger charge is -2.68. The molecule has 3 nitrogen and oxygen atoms in total. The molecule has 0 bridgehead atoms. The minimum atomic E-state index is -2.87. The quantitative estimate of drug-likeness (QED) is 0.753. The third kappa shape index (κ3) is 2.79. The summed E-state index contributed by atoms with van der Waals surface area (Å²) < 4.78 is 8.70. The average molecular weight is 275 g/mol. The fourth-order valence-corrected chi connectivity index (χ4v) is 4.12. The molecular weight excluding hydrogens is 247 g/mol. The number of hydrogen-bond acceptors (Lipinski definition) is 1. The molecule has 2 aliphatic rings. The van der Waals surface area contributed by atoms with E-state index in [0.29, 0.717) is 5.41 Å². The van der Waals surface area contributed by atoms with Gasteiger partial charge in [0, 0.05) is 4.57 Å². The maximum atomic E-state index is 8.70. The summed E-state index contributed by atoms with van der Waals surface area (Å²) in [4.78, 5) is 14.2. The van der Waals surface area contributed by atoms with Gasteiger partial charge in [0.05, 0.1) is 0 Å². The first-order valence-electron chi connectivity index (χ1n) is 7.13. The molecule has 2 rings (SSSR count). The Bertz CT molecular complexity index is 289. The molecule has 0 saturated heterocycles. The fourth-order valence-electron chi connectivity index (χ4n) is 4.12. The Labute approximate surface area is 112 Å². The van der Waals surface area contributed by atoms with Gasteiger partial charge in [-0.25, -0.2) is 0 Å². The second kappa shape index (κ2) is 5.98. The predicted molar refractivity (Wildman–Crippen MR) is 74.3 cm³/mol. The zero-order valence-electron chi connectivity index (χ0n) is 12.1. The van der Waals surface area contributed by atoms with E-state index in [-0.39, 0.29) is 0 Å². The van der Waals surface area contributed by atoms with Gasteiger partial charge in [0.25, 0.3) is 0 Å². The molecule has 18 heavy (non-hydrogen) atoms. The summed E-state index contributed by atoms with van der Waals surface area (Å²) in [5.74, 6) is 2.02. The van der Waals surface area contributed by atoms with Crippen LogP contribution in [-0.2, 0) is 4.57 Å².